The number of amides is 1. The molecule has 1 aromatic rings. The second-order valence-electron chi connectivity index (χ2n) is 7.93. The molecule has 1 spiro atoms. The Morgan fingerprint density at radius 3 is 2.67 bits per heavy atom. The van der Waals surface area contributed by atoms with Gasteiger partial charge in [0.1, 0.15) is 5.82 Å². The normalized spacial score (nSPS) is 23.8. The summed E-state index contributed by atoms with van der Waals surface area (Å²) >= 11 is 0. The highest BCUT2D eigenvalue weighted by Crippen LogP contribution is 2.42. The molecule has 1 aliphatic carbocycles. The molecule has 2 N–H and O–H groups in total. The predicted molar refractivity (Wildman–Crippen MR) is 93.6 cm³/mol. The van der Waals surface area contributed by atoms with E-state index in [4.69, 9.17) is 5.73 Å². The van der Waals surface area contributed by atoms with Crippen LogP contribution in [0.1, 0.15) is 44.2 Å². The molecule has 1 aromatic heterocycles. The van der Waals surface area contributed by atoms with Crippen LogP contribution in [0.15, 0.2) is 6.07 Å². The largest absolute Gasteiger partial charge is 0.368 e. The Labute approximate surface area is 143 Å². The zero-order valence-electron chi connectivity index (χ0n) is 14.5. The number of likely N-dealkylation sites (tertiary alicyclic amines) is 1. The van der Waals surface area contributed by atoms with Gasteiger partial charge in [0.2, 0.25) is 11.9 Å². The van der Waals surface area contributed by atoms with Crippen LogP contribution in [0, 0.1) is 18.3 Å². The van der Waals surface area contributed by atoms with E-state index in [-0.39, 0.29) is 0 Å². The molecular formula is C18H27N5O. The molecule has 0 radical (unpaired) electrons. The minimum Gasteiger partial charge on any atom is -0.368 e. The molecule has 2 aliphatic heterocycles. The van der Waals surface area contributed by atoms with Gasteiger partial charge in [0.15, 0.2) is 0 Å². The van der Waals surface area contributed by atoms with E-state index in [0.717, 1.165) is 69.3 Å². The maximum absolute atomic E-state index is 12.2. The van der Waals surface area contributed by atoms with Gasteiger partial charge in [-0.2, -0.15) is 4.98 Å². The van der Waals surface area contributed by atoms with Crippen molar-refractivity contribution >= 4 is 17.7 Å². The molecule has 6 heteroatoms. The summed E-state index contributed by atoms with van der Waals surface area (Å²) in [5.41, 5.74) is 7.02. The fourth-order valence-corrected chi connectivity index (χ4v) is 4.24. The average molecular weight is 329 g/mol. The van der Waals surface area contributed by atoms with Gasteiger partial charge in [-0.1, -0.05) is 0 Å². The first-order chi connectivity index (χ1) is 11.5. The Kier molecular flexibility index (Phi) is 3.85. The van der Waals surface area contributed by atoms with Crippen molar-refractivity contribution in [2.24, 2.45) is 11.3 Å². The van der Waals surface area contributed by atoms with Crippen molar-refractivity contribution in [2.75, 3.05) is 36.8 Å². The van der Waals surface area contributed by atoms with Crippen molar-refractivity contribution < 1.29 is 4.79 Å². The third-order valence-electron chi connectivity index (χ3n) is 5.93. The number of nitrogens with two attached hydrogens (primary N) is 1. The SMILES string of the molecule is Cc1cc(N2CCC3(CCC(=O)N(CC4CC4)C3)CC2)nc(N)n1. The van der Waals surface area contributed by atoms with Crippen molar-refractivity contribution in [1.29, 1.82) is 0 Å². The van der Waals surface area contributed by atoms with Crippen molar-refractivity contribution in [3.63, 3.8) is 0 Å². The van der Waals surface area contributed by atoms with E-state index in [1.54, 1.807) is 0 Å². The van der Waals surface area contributed by atoms with E-state index in [0.29, 0.717) is 17.3 Å². The van der Waals surface area contributed by atoms with Crippen LogP contribution in [0.4, 0.5) is 11.8 Å². The summed E-state index contributed by atoms with van der Waals surface area (Å²) in [5, 5.41) is 0. The molecule has 6 nitrogen and oxygen atoms in total. The molecule has 3 fully saturated rings. The molecule has 0 unspecified atom stereocenters. The summed E-state index contributed by atoms with van der Waals surface area (Å²) in [6.45, 7) is 5.88. The zero-order valence-corrected chi connectivity index (χ0v) is 14.5. The molecule has 0 atom stereocenters. The van der Waals surface area contributed by atoms with E-state index in [2.05, 4.69) is 19.8 Å². The average Bonchev–Trinajstić information content (AvgIpc) is 3.35. The number of anilines is 2. The maximum atomic E-state index is 12.2. The molecule has 3 heterocycles. The number of carbonyl (C=O) groups excluding carboxylic acids is 1. The molecule has 0 bridgehead atoms. The number of nitrogens with zero attached hydrogens (tertiary/aromatic N) is 4. The predicted octanol–water partition coefficient (Wildman–Crippen LogP) is 1.99. The Balaban J connectivity index is 1.42. The van der Waals surface area contributed by atoms with E-state index >= 15 is 0 Å². The van der Waals surface area contributed by atoms with Crippen LogP contribution in [0.25, 0.3) is 0 Å². The first kappa shape index (κ1) is 15.7. The van der Waals surface area contributed by atoms with Gasteiger partial charge in [-0.25, -0.2) is 4.98 Å². The van der Waals surface area contributed by atoms with E-state index in [9.17, 15) is 4.79 Å². The Bertz CT molecular complexity index is 614. The smallest absolute Gasteiger partial charge is 0.222 e. The summed E-state index contributed by atoms with van der Waals surface area (Å²) in [7, 11) is 0. The molecular weight excluding hydrogens is 302 g/mol. The summed E-state index contributed by atoms with van der Waals surface area (Å²) in [6, 6.07) is 2.01. The van der Waals surface area contributed by atoms with Gasteiger partial charge < -0.3 is 15.5 Å². The van der Waals surface area contributed by atoms with E-state index < -0.39 is 0 Å². The lowest BCUT2D eigenvalue weighted by Crippen LogP contribution is -2.52. The van der Waals surface area contributed by atoms with Gasteiger partial charge in [-0.15, -0.1) is 0 Å². The van der Waals surface area contributed by atoms with Gasteiger partial charge >= 0.3 is 0 Å². The summed E-state index contributed by atoms with van der Waals surface area (Å²) < 4.78 is 0. The highest BCUT2D eigenvalue weighted by Gasteiger charge is 2.42. The third-order valence-corrected chi connectivity index (χ3v) is 5.93. The quantitative estimate of drug-likeness (QED) is 0.918. The number of nitrogen functional groups attached to an aromatic ring is 1. The van der Waals surface area contributed by atoms with Crippen LogP contribution in [0.5, 0.6) is 0 Å². The molecule has 24 heavy (non-hydrogen) atoms. The molecule has 3 aliphatic rings. The van der Waals surface area contributed by atoms with E-state index in [1.807, 2.05) is 13.0 Å². The Morgan fingerprint density at radius 2 is 2.00 bits per heavy atom. The lowest BCUT2D eigenvalue weighted by Gasteiger charge is -2.47. The summed E-state index contributed by atoms with van der Waals surface area (Å²) in [5.74, 6) is 2.44. The lowest BCUT2D eigenvalue weighted by atomic mass is 9.72. The standard InChI is InChI=1S/C18H27N5O/c1-13-10-15(21-17(19)20-13)22-8-6-18(7-9-22)5-4-16(24)23(12-18)11-14-2-3-14/h10,14H,2-9,11-12H2,1H3,(H2,19,20,21). The van der Waals surface area contributed by atoms with E-state index in [1.165, 1.54) is 12.8 Å². The number of hydrogen-bond donors (Lipinski definition) is 1. The summed E-state index contributed by atoms with van der Waals surface area (Å²) in [6.07, 6.45) is 6.64. The minimum absolute atomic E-state index is 0.312. The van der Waals surface area contributed by atoms with Gasteiger partial charge in [0, 0.05) is 44.4 Å². The second kappa shape index (κ2) is 5.90. The molecule has 130 valence electrons. The monoisotopic (exact) mass is 329 g/mol. The first-order valence-electron chi connectivity index (χ1n) is 9.17. The highest BCUT2D eigenvalue weighted by molar-refractivity contribution is 5.77. The van der Waals surface area contributed by atoms with Crippen LogP contribution in [-0.2, 0) is 4.79 Å². The van der Waals surface area contributed by atoms with Gasteiger partial charge in [-0.3, -0.25) is 4.79 Å². The minimum atomic E-state index is 0.312. The fourth-order valence-electron chi connectivity index (χ4n) is 4.24. The second-order valence-corrected chi connectivity index (χ2v) is 7.93. The van der Waals surface area contributed by atoms with Crippen molar-refractivity contribution in [3.05, 3.63) is 11.8 Å². The number of rotatable bonds is 3. The molecule has 1 amide bonds. The lowest BCUT2D eigenvalue weighted by molar-refractivity contribution is -0.138. The number of aryl methyl sites for hydroxylation is 1. The molecule has 4 rings (SSSR count). The van der Waals surface area contributed by atoms with Gasteiger partial charge in [-0.05, 0) is 50.4 Å². The Hall–Kier alpha value is -1.85. The molecule has 2 saturated heterocycles. The van der Waals surface area contributed by atoms with Crippen LogP contribution in [0.3, 0.4) is 0 Å². The summed E-state index contributed by atoms with van der Waals surface area (Å²) in [4.78, 5) is 25.3. The molecule has 0 aromatic carbocycles. The molecule has 1 saturated carbocycles. The van der Waals surface area contributed by atoms with Crippen LogP contribution in [-0.4, -0.2) is 47.0 Å². The van der Waals surface area contributed by atoms with Gasteiger partial charge in [0.05, 0.1) is 0 Å². The fraction of sp³-hybridized carbons (Fsp3) is 0.722. The third kappa shape index (κ3) is 3.19. The topological polar surface area (TPSA) is 75.4 Å². The zero-order chi connectivity index (χ0) is 16.7. The number of carbonyl (C=O) groups is 1. The number of hydrogen-bond acceptors (Lipinski definition) is 5. The van der Waals surface area contributed by atoms with Gasteiger partial charge in [0.25, 0.3) is 0 Å². The Morgan fingerprint density at radius 1 is 1.25 bits per heavy atom. The number of piperidine rings is 2. The maximum Gasteiger partial charge on any atom is 0.222 e. The van der Waals surface area contributed by atoms with Crippen molar-refractivity contribution in [2.45, 2.75) is 45.4 Å². The van der Waals surface area contributed by atoms with Crippen LogP contribution in [0.2, 0.25) is 0 Å². The van der Waals surface area contributed by atoms with Crippen molar-refractivity contribution in [3.8, 4) is 0 Å². The van der Waals surface area contributed by atoms with Crippen molar-refractivity contribution in [1.82, 2.24) is 14.9 Å². The van der Waals surface area contributed by atoms with Crippen LogP contribution < -0.4 is 10.6 Å². The first-order valence-corrected chi connectivity index (χ1v) is 9.17. The number of aromatic nitrogens is 2. The van der Waals surface area contributed by atoms with Crippen LogP contribution >= 0.6 is 0 Å². The highest BCUT2D eigenvalue weighted by atomic mass is 16.2.